The Balaban J connectivity index is 2.25. The van der Waals surface area contributed by atoms with Crippen LogP contribution < -0.4 is 9.47 Å². The van der Waals surface area contributed by atoms with E-state index in [2.05, 4.69) is 4.98 Å². The van der Waals surface area contributed by atoms with Crippen LogP contribution in [-0.2, 0) is 9.47 Å². The number of hydrogen-bond donors (Lipinski definition) is 1. The summed E-state index contributed by atoms with van der Waals surface area (Å²) >= 11 is 0. The van der Waals surface area contributed by atoms with Crippen molar-refractivity contribution in [1.82, 2.24) is 4.98 Å². The summed E-state index contributed by atoms with van der Waals surface area (Å²) < 4.78 is 20.7. The second-order valence-corrected chi connectivity index (χ2v) is 6.32. The largest absolute Gasteiger partial charge is 0.497 e. The number of carbonyl (C=O) groups is 3. The molecule has 8 nitrogen and oxygen atoms in total. The molecule has 1 heterocycles. The van der Waals surface area contributed by atoms with E-state index in [-0.39, 0.29) is 17.9 Å². The number of aromatic nitrogens is 1. The highest BCUT2D eigenvalue weighted by atomic mass is 16.5. The molecule has 2 aromatic rings. The van der Waals surface area contributed by atoms with E-state index >= 15 is 0 Å². The zero-order chi connectivity index (χ0) is 21.7. The van der Waals surface area contributed by atoms with Crippen molar-refractivity contribution in [1.29, 1.82) is 0 Å². The van der Waals surface area contributed by atoms with Crippen LogP contribution in [0.5, 0.6) is 11.5 Å². The summed E-state index contributed by atoms with van der Waals surface area (Å²) in [5.41, 5.74) is 1.61. The number of aromatic amines is 1. The smallest absolute Gasteiger partial charge is 0.342 e. The highest BCUT2D eigenvalue weighted by Gasteiger charge is 2.28. The van der Waals surface area contributed by atoms with Gasteiger partial charge in [-0.15, -0.1) is 0 Å². The molecule has 0 spiro atoms. The molecule has 2 rings (SSSR count). The van der Waals surface area contributed by atoms with Gasteiger partial charge in [-0.1, -0.05) is 0 Å². The van der Waals surface area contributed by atoms with E-state index in [9.17, 15) is 14.4 Å². The Hall–Kier alpha value is -3.29. The van der Waals surface area contributed by atoms with E-state index < -0.39 is 23.8 Å². The van der Waals surface area contributed by atoms with E-state index in [1.807, 2.05) is 0 Å². The lowest BCUT2D eigenvalue weighted by molar-refractivity contribution is 0.0313. The second kappa shape index (κ2) is 9.27. The van der Waals surface area contributed by atoms with Gasteiger partial charge >= 0.3 is 11.9 Å². The monoisotopic (exact) mass is 403 g/mol. The Morgan fingerprint density at radius 1 is 1.07 bits per heavy atom. The maximum atomic E-state index is 12.8. The first-order valence-electron chi connectivity index (χ1n) is 9.08. The van der Waals surface area contributed by atoms with Gasteiger partial charge in [-0.25, -0.2) is 9.59 Å². The number of H-pyrrole nitrogens is 1. The molecule has 0 aliphatic carbocycles. The minimum Gasteiger partial charge on any atom is -0.497 e. The van der Waals surface area contributed by atoms with Gasteiger partial charge in [-0.3, -0.25) is 4.79 Å². The molecule has 1 unspecified atom stereocenters. The van der Waals surface area contributed by atoms with Crippen molar-refractivity contribution in [2.24, 2.45) is 0 Å². The number of methoxy groups -OCH3 is 2. The minimum absolute atomic E-state index is 0.137. The van der Waals surface area contributed by atoms with Gasteiger partial charge in [0, 0.05) is 5.69 Å². The van der Waals surface area contributed by atoms with Crippen molar-refractivity contribution in [3.63, 3.8) is 0 Å². The molecule has 0 saturated carbocycles. The highest BCUT2D eigenvalue weighted by molar-refractivity contribution is 6.04. The fourth-order valence-electron chi connectivity index (χ4n) is 2.96. The minimum atomic E-state index is -1.09. The van der Waals surface area contributed by atoms with Crippen molar-refractivity contribution >= 4 is 17.7 Å². The molecule has 8 heteroatoms. The van der Waals surface area contributed by atoms with Gasteiger partial charge in [0.25, 0.3) is 0 Å². The third-order valence-electron chi connectivity index (χ3n) is 4.44. The van der Waals surface area contributed by atoms with Crippen LogP contribution in [0.2, 0.25) is 0 Å². The summed E-state index contributed by atoms with van der Waals surface area (Å²) in [6, 6.07) is 4.69. The third kappa shape index (κ3) is 4.59. The summed E-state index contributed by atoms with van der Waals surface area (Å²) in [7, 11) is 2.90. The molecule has 0 radical (unpaired) electrons. The van der Waals surface area contributed by atoms with Crippen LogP contribution >= 0.6 is 0 Å². The highest BCUT2D eigenvalue weighted by Crippen LogP contribution is 2.26. The number of carbonyl (C=O) groups excluding carboxylic acids is 3. The fourth-order valence-corrected chi connectivity index (χ4v) is 2.96. The number of rotatable bonds is 8. The molecule has 29 heavy (non-hydrogen) atoms. The quantitative estimate of drug-likeness (QED) is 0.533. The van der Waals surface area contributed by atoms with Crippen LogP contribution in [0.25, 0.3) is 0 Å². The van der Waals surface area contributed by atoms with Gasteiger partial charge in [0.1, 0.15) is 17.1 Å². The lowest BCUT2D eigenvalue weighted by Gasteiger charge is -2.14. The lowest BCUT2D eigenvalue weighted by Crippen LogP contribution is -2.25. The summed E-state index contributed by atoms with van der Waals surface area (Å²) in [6.45, 7) is 6.71. The molecule has 0 aliphatic rings. The first-order chi connectivity index (χ1) is 13.7. The number of ether oxygens (including phenoxy) is 4. The number of nitrogens with one attached hydrogen (secondary N) is 1. The Morgan fingerprint density at radius 2 is 1.76 bits per heavy atom. The maximum Gasteiger partial charge on any atom is 0.342 e. The van der Waals surface area contributed by atoms with Crippen LogP contribution in [0.4, 0.5) is 0 Å². The van der Waals surface area contributed by atoms with Crippen LogP contribution in [0.15, 0.2) is 18.2 Å². The van der Waals surface area contributed by atoms with Gasteiger partial charge in [0.2, 0.25) is 5.78 Å². The molecular formula is C21H25NO7. The molecule has 156 valence electrons. The molecule has 0 amide bonds. The molecular weight excluding hydrogens is 378 g/mol. The number of ketones is 1. The molecule has 0 bridgehead atoms. The molecule has 0 fully saturated rings. The van der Waals surface area contributed by atoms with Crippen LogP contribution in [0.3, 0.4) is 0 Å². The number of benzene rings is 1. The van der Waals surface area contributed by atoms with Crippen molar-refractivity contribution < 1.29 is 33.3 Å². The second-order valence-electron chi connectivity index (χ2n) is 6.32. The van der Waals surface area contributed by atoms with Crippen LogP contribution in [0, 0.1) is 13.8 Å². The van der Waals surface area contributed by atoms with E-state index in [0.29, 0.717) is 28.3 Å². The zero-order valence-corrected chi connectivity index (χ0v) is 17.4. The standard InChI is InChI=1S/C21H25NO7/c1-7-28-21(25)17-11(2)18(22-12(17)3)19(23)13(4)29-20(24)15-10-14(26-5)8-9-16(15)27-6/h8-10,13,22H,7H2,1-6H3. The van der Waals surface area contributed by atoms with Crippen molar-refractivity contribution in [3.8, 4) is 11.5 Å². The number of hydrogen-bond acceptors (Lipinski definition) is 7. The average Bonchev–Trinajstić information content (AvgIpc) is 3.00. The molecule has 1 atom stereocenters. The Labute approximate surface area is 169 Å². The lowest BCUT2D eigenvalue weighted by atomic mass is 10.1. The Bertz CT molecular complexity index is 929. The molecule has 0 saturated heterocycles. The average molecular weight is 403 g/mol. The topological polar surface area (TPSA) is 104 Å². The van der Waals surface area contributed by atoms with Crippen LogP contribution in [-0.4, -0.2) is 49.6 Å². The van der Waals surface area contributed by atoms with Crippen molar-refractivity contribution in [3.05, 3.63) is 46.3 Å². The maximum absolute atomic E-state index is 12.8. The Morgan fingerprint density at radius 3 is 2.34 bits per heavy atom. The van der Waals surface area contributed by atoms with Crippen LogP contribution in [0.1, 0.15) is 56.3 Å². The predicted molar refractivity (Wildman–Crippen MR) is 105 cm³/mol. The summed E-state index contributed by atoms with van der Waals surface area (Å²) in [5, 5.41) is 0. The van der Waals surface area contributed by atoms with Crippen molar-refractivity contribution in [2.75, 3.05) is 20.8 Å². The zero-order valence-electron chi connectivity index (χ0n) is 17.4. The summed E-state index contributed by atoms with van der Waals surface area (Å²) in [5.74, 6) is -0.952. The number of aryl methyl sites for hydroxylation is 1. The van der Waals surface area contributed by atoms with Gasteiger partial charge in [0.15, 0.2) is 6.10 Å². The first kappa shape index (κ1) is 22.0. The molecule has 1 N–H and O–H groups in total. The normalized spacial score (nSPS) is 11.5. The number of Topliss-reactive ketones (excluding diaryl/α,β-unsaturated/α-hetero) is 1. The predicted octanol–water partition coefficient (Wildman–Crippen LogP) is 3.25. The van der Waals surface area contributed by atoms with Gasteiger partial charge in [-0.05, 0) is 51.5 Å². The van der Waals surface area contributed by atoms with Gasteiger partial charge in [-0.2, -0.15) is 0 Å². The first-order valence-corrected chi connectivity index (χ1v) is 9.08. The molecule has 1 aromatic heterocycles. The summed E-state index contributed by atoms with van der Waals surface area (Å²) in [4.78, 5) is 40.5. The Kier molecular flexibility index (Phi) is 7.03. The molecule has 0 aliphatic heterocycles. The van der Waals surface area contributed by atoms with Crippen molar-refractivity contribution in [2.45, 2.75) is 33.8 Å². The van der Waals surface area contributed by atoms with Gasteiger partial charge in [0.05, 0.1) is 32.1 Å². The van der Waals surface area contributed by atoms with Gasteiger partial charge < -0.3 is 23.9 Å². The van der Waals surface area contributed by atoms with E-state index in [1.54, 1.807) is 32.9 Å². The molecule has 1 aromatic carbocycles. The fraction of sp³-hybridized carbons (Fsp3) is 0.381. The van der Waals surface area contributed by atoms with E-state index in [0.717, 1.165) is 0 Å². The summed E-state index contributed by atoms with van der Waals surface area (Å²) in [6.07, 6.45) is -1.09. The third-order valence-corrected chi connectivity index (χ3v) is 4.44. The number of esters is 2. The SMILES string of the molecule is CCOC(=O)c1c(C)[nH]c(C(=O)C(C)OC(=O)c2cc(OC)ccc2OC)c1C. The van der Waals surface area contributed by atoms with E-state index in [1.165, 1.54) is 27.2 Å². The van der Waals surface area contributed by atoms with E-state index in [4.69, 9.17) is 18.9 Å².